The molecule has 0 saturated carbocycles. The molecular formula is C19H23NO3. The summed E-state index contributed by atoms with van der Waals surface area (Å²) < 4.78 is 5.74. The average molecular weight is 313 g/mol. The molecule has 1 amide bonds. The van der Waals surface area contributed by atoms with Crippen molar-refractivity contribution in [2.45, 2.75) is 39.9 Å². The number of ether oxygens (including phenoxy) is 1. The molecule has 23 heavy (non-hydrogen) atoms. The molecule has 2 rings (SSSR count). The summed E-state index contributed by atoms with van der Waals surface area (Å²) in [5, 5.41) is 12.1. The van der Waals surface area contributed by atoms with Gasteiger partial charge in [0.2, 0.25) is 5.91 Å². The van der Waals surface area contributed by atoms with E-state index in [9.17, 15) is 9.90 Å². The molecule has 0 atom stereocenters. The SMILES string of the molecule is Cc1ccc(CO)cc1NC(=O)Cc1ccccc1OC(C)C. The van der Waals surface area contributed by atoms with Gasteiger partial charge >= 0.3 is 0 Å². The number of hydrogen-bond donors (Lipinski definition) is 2. The van der Waals surface area contributed by atoms with Crippen LogP contribution in [0.5, 0.6) is 5.75 Å². The molecule has 4 nitrogen and oxygen atoms in total. The van der Waals surface area contributed by atoms with Crippen molar-refractivity contribution in [2.75, 3.05) is 5.32 Å². The molecule has 0 radical (unpaired) electrons. The van der Waals surface area contributed by atoms with Crippen LogP contribution in [-0.4, -0.2) is 17.1 Å². The fourth-order valence-corrected chi connectivity index (χ4v) is 2.29. The van der Waals surface area contributed by atoms with Gasteiger partial charge in [-0.05, 0) is 44.0 Å². The van der Waals surface area contributed by atoms with Gasteiger partial charge in [0.1, 0.15) is 5.75 Å². The number of amides is 1. The minimum absolute atomic E-state index is 0.0474. The standard InChI is InChI=1S/C19H23NO3/c1-13(2)23-18-7-5-4-6-16(18)11-19(22)20-17-10-15(12-21)9-8-14(17)3/h4-10,13,21H,11-12H2,1-3H3,(H,20,22). The van der Waals surface area contributed by atoms with Crippen LogP contribution in [0, 0.1) is 6.92 Å². The highest BCUT2D eigenvalue weighted by Crippen LogP contribution is 2.22. The summed E-state index contributed by atoms with van der Waals surface area (Å²) in [5.74, 6) is 0.626. The number of aliphatic hydroxyl groups excluding tert-OH is 1. The fraction of sp³-hybridized carbons (Fsp3) is 0.316. The van der Waals surface area contributed by atoms with Gasteiger partial charge in [0.05, 0.1) is 19.1 Å². The third-order valence-corrected chi connectivity index (χ3v) is 3.44. The monoisotopic (exact) mass is 313 g/mol. The second kappa shape index (κ2) is 7.79. The lowest BCUT2D eigenvalue weighted by atomic mass is 10.1. The summed E-state index contributed by atoms with van der Waals surface area (Å²) in [6, 6.07) is 13.1. The molecule has 4 heteroatoms. The highest BCUT2D eigenvalue weighted by molar-refractivity contribution is 5.93. The van der Waals surface area contributed by atoms with Gasteiger partial charge in [0.15, 0.2) is 0 Å². The van der Waals surface area contributed by atoms with E-state index in [2.05, 4.69) is 5.32 Å². The van der Waals surface area contributed by atoms with Crippen LogP contribution in [-0.2, 0) is 17.8 Å². The van der Waals surface area contributed by atoms with Crippen LogP contribution in [0.1, 0.15) is 30.5 Å². The van der Waals surface area contributed by atoms with Crippen molar-refractivity contribution in [1.82, 2.24) is 0 Å². The Morgan fingerprint density at radius 2 is 1.96 bits per heavy atom. The quantitative estimate of drug-likeness (QED) is 0.858. The number of aryl methyl sites for hydroxylation is 1. The van der Waals surface area contributed by atoms with Crippen LogP contribution in [0.4, 0.5) is 5.69 Å². The maximum absolute atomic E-state index is 12.3. The molecule has 0 spiro atoms. The molecule has 0 aliphatic rings. The van der Waals surface area contributed by atoms with Crippen LogP contribution in [0.3, 0.4) is 0 Å². The summed E-state index contributed by atoms with van der Waals surface area (Å²) >= 11 is 0. The van der Waals surface area contributed by atoms with E-state index < -0.39 is 0 Å². The van der Waals surface area contributed by atoms with Crippen LogP contribution < -0.4 is 10.1 Å². The first-order valence-electron chi connectivity index (χ1n) is 7.74. The van der Waals surface area contributed by atoms with Crippen molar-refractivity contribution >= 4 is 11.6 Å². The molecule has 0 saturated heterocycles. The van der Waals surface area contributed by atoms with Crippen LogP contribution in [0.25, 0.3) is 0 Å². The topological polar surface area (TPSA) is 58.6 Å². The van der Waals surface area contributed by atoms with Gasteiger partial charge in [-0.2, -0.15) is 0 Å². The molecular weight excluding hydrogens is 290 g/mol. The minimum Gasteiger partial charge on any atom is -0.491 e. The highest BCUT2D eigenvalue weighted by atomic mass is 16.5. The number of para-hydroxylation sites is 1. The summed E-state index contributed by atoms with van der Waals surface area (Å²) in [6.07, 6.45) is 0.300. The minimum atomic E-state index is -0.108. The molecule has 2 N–H and O–H groups in total. The predicted molar refractivity (Wildman–Crippen MR) is 91.6 cm³/mol. The molecule has 0 aliphatic heterocycles. The molecule has 0 heterocycles. The first-order chi connectivity index (χ1) is 11.0. The fourth-order valence-electron chi connectivity index (χ4n) is 2.29. The van der Waals surface area contributed by atoms with E-state index in [1.54, 1.807) is 6.07 Å². The summed E-state index contributed by atoms with van der Waals surface area (Å²) in [6.45, 7) is 5.79. The van der Waals surface area contributed by atoms with E-state index >= 15 is 0 Å². The zero-order valence-corrected chi connectivity index (χ0v) is 13.8. The first-order valence-corrected chi connectivity index (χ1v) is 7.74. The number of benzene rings is 2. The Labute approximate surface area is 137 Å². The summed E-state index contributed by atoms with van der Waals surface area (Å²) in [7, 11) is 0. The average Bonchev–Trinajstić information content (AvgIpc) is 2.51. The van der Waals surface area contributed by atoms with Gasteiger partial charge in [-0.25, -0.2) is 0 Å². The largest absolute Gasteiger partial charge is 0.491 e. The normalized spacial score (nSPS) is 10.7. The molecule has 0 aromatic heterocycles. The molecule has 122 valence electrons. The number of carbonyl (C=O) groups excluding carboxylic acids is 1. The number of carbonyl (C=O) groups is 1. The second-order valence-corrected chi connectivity index (χ2v) is 5.81. The predicted octanol–water partition coefficient (Wildman–Crippen LogP) is 3.46. The van der Waals surface area contributed by atoms with Crippen LogP contribution in [0.2, 0.25) is 0 Å². The zero-order chi connectivity index (χ0) is 16.8. The Balaban J connectivity index is 2.11. The highest BCUT2D eigenvalue weighted by Gasteiger charge is 2.11. The van der Waals surface area contributed by atoms with Gasteiger partial charge < -0.3 is 15.2 Å². The van der Waals surface area contributed by atoms with Crippen LogP contribution in [0.15, 0.2) is 42.5 Å². The number of hydrogen-bond acceptors (Lipinski definition) is 3. The number of nitrogens with one attached hydrogen (secondary N) is 1. The Kier molecular flexibility index (Phi) is 5.77. The Morgan fingerprint density at radius 3 is 2.65 bits per heavy atom. The van der Waals surface area contributed by atoms with Crippen molar-refractivity contribution in [3.05, 3.63) is 59.2 Å². The van der Waals surface area contributed by atoms with E-state index in [0.29, 0.717) is 0 Å². The molecule has 0 aliphatic carbocycles. The molecule has 0 fully saturated rings. The van der Waals surface area contributed by atoms with Gasteiger partial charge in [0.25, 0.3) is 0 Å². The van der Waals surface area contributed by atoms with Gasteiger partial charge in [-0.15, -0.1) is 0 Å². The van der Waals surface area contributed by atoms with Crippen LogP contribution >= 0.6 is 0 Å². The molecule has 0 unspecified atom stereocenters. The van der Waals surface area contributed by atoms with Crippen molar-refractivity contribution in [3.8, 4) is 5.75 Å². The number of anilines is 1. The maximum Gasteiger partial charge on any atom is 0.228 e. The van der Waals surface area contributed by atoms with Crippen molar-refractivity contribution < 1.29 is 14.6 Å². The van der Waals surface area contributed by atoms with E-state index in [0.717, 1.165) is 28.1 Å². The van der Waals surface area contributed by atoms with E-state index in [-0.39, 0.29) is 25.0 Å². The Hall–Kier alpha value is -2.33. The smallest absolute Gasteiger partial charge is 0.228 e. The second-order valence-electron chi connectivity index (χ2n) is 5.81. The Bertz CT molecular complexity index is 680. The third kappa shape index (κ3) is 4.83. The lowest BCUT2D eigenvalue weighted by Gasteiger charge is -2.15. The molecule has 2 aromatic rings. The lowest BCUT2D eigenvalue weighted by molar-refractivity contribution is -0.115. The van der Waals surface area contributed by atoms with Crippen molar-refractivity contribution in [2.24, 2.45) is 0 Å². The number of rotatable bonds is 6. The molecule has 0 bridgehead atoms. The zero-order valence-electron chi connectivity index (χ0n) is 13.8. The van der Waals surface area contributed by atoms with Crippen molar-refractivity contribution in [1.29, 1.82) is 0 Å². The first kappa shape index (κ1) is 17.0. The third-order valence-electron chi connectivity index (χ3n) is 3.44. The Morgan fingerprint density at radius 1 is 1.22 bits per heavy atom. The van der Waals surface area contributed by atoms with Gasteiger partial charge in [-0.3, -0.25) is 4.79 Å². The van der Waals surface area contributed by atoms with Gasteiger partial charge in [-0.1, -0.05) is 30.3 Å². The van der Waals surface area contributed by atoms with E-state index in [4.69, 9.17) is 4.74 Å². The van der Waals surface area contributed by atoms with Gasteiger partial charge in [0, 0.05) is 11.3 Å². The maximum atomic E-state index is 12.3. The number of aliphatic hydroxyl groups is 1. The van der Waals surface area contributed by atoms with Crippen molar-refractivity contribution in [3.63, 3.8) is 0 Å². The lowest BCUT2D eigenvalue weighted by Crippen LogP contribution is -2.17. The van der Waals surface area contributed by atoms with E-state index in [1.807, 2.05) is 57.2 Å². The summed E-state index contributed by atoms with van der Waals surface area (Å²) in [5.41, 5.74) is 3.31. The summed E-state index contributed by atoms with van der Waals surface area (Å²) in [4.78, 5) is 12.3. The van der Waals surface area contributed by atoms with E-state index in [1.165, 1.54) is 0 Å². The molecule has 2 aromatic carbocycles.